The average molecular weight is 461 g/mol. The summed E-state index contributed by atoms with van der Waals surface area (Å²) < 4.78 is 5.40. The standard InChI is InChI=1S/C29H36N2O3/c1-34-23-17-15-21(16-18-23)27-26(29(33)30-19-9-2-3-10-20-30)24-13-7-8-14-25(24)28(32)31(27)22-11-5-4-6-12-22/h7-8,13-18,22,26-27H,2-6,9-12,19-20H2,1H3. The number of hydrogen-bond acceptors (Lipinski definition) is 3. The van der Waals surface area contributed by atoms with E-state index in [2.05, 4.69) is 9.80 Å². The van der Waals surface area contributed by atoms with Gasteiger partial charge in [0.25, 0.3) is 5.91 Å². The summed E-state index contributed by atoms with van der Waals surface area (Å²) in [5, 5.41) is 0. The second-order valence-corrected chi connectivity index (χ2v) is 10.0. The highest BCUT2D eigenvalue weighted by Crippen LogP contribution is 2.46. The van der Waals surface area contributed by atoms with Gasteiger partial charge in [-0.1, -0.05) is 62.4 Å². The van der Waals surface area contributed by atoms with Crippen molar-refractivity contribution in [2.45, 2.75) is 75.8 Å². The fraction of sp³-hybridized carbons (Fsp3) is 0.517. The molecule has 0 radical (unpaired) electrons. The number of carbonyl (C=O) groups is 2. The van der Waals surface area contributed by atoms with Crippen molar-refractivity contribution in [2.24, 2.45) is 0 Å². The van der Waals surface area contributed by atoms with Crippen LogP contribution in [0.2, 0.25) is 0 Å². The predicted molar refractivity (Wildman–Crippen MR) is 133 cm³/mol. The Hall–Kier alpha value is -2.82. The van der Waals surface area contributed by atoms with Gasteiger partial charge in [0.15, 0.2) is 0 Å². The van der Waals surface area contributed by atoms with Gasteiger partial charge < -0.3 is 14.5 Å². The number of amides is 2. The molecule has 5 rings (SSSR count). The van der Waals surface area contributed by atoms with Crippen LogP contribution >= 0.6 is 0 Å². The van der Waals surface area contributed by atoms with Crippen molar-refractivity contribution in [3.05, 3.63) is 65.2 Å². The van der Waals surface area contributed by atoms with Crippen LogP contribution in [0.25, 0.3) is 0 Å². The molecule has 5 heteroatoms. The van der Waals surface area contributed by atoms with Crippen LogP contribution in [-0.4, -0.2) is 47.9 Å². The Morgan fingerprint density at radius 3 is 2.18 bits per heavy atom. The van der Waals surface area contributed by atoms with Crippen LogP contribution in [0.4, 0.5) is 0 Å². The maximum absolute atomic E-state index is 14.3. The van der Waals surface area contributed by atoms with Gasteiger partial charge in [-0.05, 0) is 55.0 Å². The number of fused-ring (bicyclic) bond motifs is 1. The quantitative estimate of drug-likeness (QED) is 0.587. The van der Waals surface area contributed by atoms with Gasteiger partial charge in [0.05, 0.1) is 19.1 Å². The molecule has 2 unspecified atom stereocenters. The summed E-state index contributed by atoms with van der Waals surface area (Å²) in [6.45, 7) is 1.62. The summed E-state index contributed by atoms with van der Waals surface area (Å²) >= 11 is 0. The maximum atomic E-state index is 14.3. The SMILES string of the molecule is COc1ccc(C2C(C(=O)N3CCCCCC3)c3ccccc3C(=O)N2C2CCCCC2)cc1. The number of rotatable bonds is 4. The van der Waals surface area contributed by atoms with E-state index in [1.807, 2.05) is 48.5 Å². The number of nitrogens with zero attached hydrogens (tertiary/aromatic N) is 2. The Labute approximate surface area is 203 Å². The minimum absolute atomic E-state index is 0.0724. The van der Waals surface area contributed by atoms with Crippen LogP contribution in [0, 0.1) is 0 Å². The van der Waals surface area contributed by atoms with Crippen molar-refractivity contribution in [2.75, 3.05) is 20.2 Å². The van der Waals surface area contributed by atoms with E-state index in [0.717, 1.165) is 68.5 Å². The van der Waals surface area contributed by atoms with Crippen molar-refractivity contribution >= 4 is 11.8 Å². The number of likely N-dealkylation sites (tertiary alicyclic amines) is 1. The molecular formula is C29H36N2O3. The van der Waals surface area contributed by atoms with Crippen molar-refractivity contribution in [1.29, 1.82) is 0 Å². The number of hydrogen-bond donors (Lipinski definition) is 0. The van der Waals surface area contributed by atoms with E-state index in [-0.39, 0.29) is 29.8 Å². The van der Waals surface area contributed by atoms with Crippen molar-refractivity contribution in [1.82, 2.24) is 9.80 Å². The molecule has 2 heterocycles. The third kappa shape index (κ3) is 4.33. The molecule has 0 bridgehead atoms. The second kappa shape index (κ2) is 10.2. The van der Waals surface area contributed by atoms with Gasteiger partial charge in [-0.15, -0.1) is 0 Å². The number of benzene rings is 2. The van der Waals surface area contributed by atoms with Crippen LogP contribution in [-0.2, 0) is 4.79 Å². The highest BCUT2D eigenvalue weighted by molar-refractivity contribution is 6.01. The van der Waals surface area contributed by atoms with Gasteiger partial charge in [0.1, 0.15) is 5.75 Å². The molecular weight excluding hydrogens is 424 g/mol. The van der Waals surface area contributed by atoms with Crippen molar-refractivity contribution in [3.63, 3.8) is 0 Å². The van der Waals surface area contributed by atoms with Gasteiger partial charge in [0, 0.05) is 24.7 Å². The predicted octanol–water partition coefficient (Wildman–Crippen LogP) is 5.71. The molecule has 3 aliphatic rings. The molecule has 1 aliphatic carbocycles. The van der Waals surface area contributed by atoms with Crippen LogP contribution in [0.1, 0.15) is 91.2 Å². The minimum atomic E-state index is -0.387. The zero-order valence-corrected chi connectivity index (χ0v) is 20.2. The van der Waals surface area contributed by atoms with E-state index in [1.54, 1.807) is 7.11 Å². The maximum Gasteiger partial charge on any atom is 0.254 e. The number of methoxy groups -OCH3 is 1. The Balaban J connectivity index is 1.64. The molecule has 5 nitrogen and oxygen atoms in total. The fourth-order valence-electron chi connectivity index (χ4n) is 6.22. The van der Waals surface area contributed by atoms with E-state index in [1.165, 1.54) is 19.3 Å². The zero-order chi connectivity index (χ0) is 23.5. The number of carbonyl (C=O) groups excluding carboxylic acids is 2. The molecule has 2 fully saturated rings. The molecule has 34 heavy (non-hydrogen) atoms. The Morgan fingerprint density at radius 2 is 1.50 bits per heavy atom. The van der Waals surface area contributed by atoms with Crippen LogP contribution < -0.4 is 4.74 Å². The molecule has 1 saturated carbocycles. The Morgan fingerprint density at radius 1 is 0.853 bits per heavy atom. The van der Waals surface area contributed by atoms with E-state index in [9.17, 15) is 9.59 Å². The van der Waals surface area contributed by atoms with Crippen molar-refractivity contribution < 1.29 is 14.3 Å². The molecule has 2 aliphatic heterocycles. The lowest BCUT2D eigenvalue weighted by Gasteiger charge is -2.47. The first-order valence-electron chi connectivity index (χ1n) is 13.0. The lowest BCUT2D eigenvalue weighted by atomic mass is 9.77. The summed E-state index contributed by atoms with van der Waals surface area (Å²) in [6, 6.07) is 15.7. The monoisotopic (exact) mass is 460 g/mol. The molecule has 2 aromatic carbocycles. The Kier molecular flexibility index (Phi) is 6.89. The van der Waals surface area contributed by atoms with E-state index >= 15 is 0 Å². The van der Waals surface area contributed by atoms with Crippen LogP contribution in [0.5, 0.6) is 5.75 Å². The van der Waals surface area contributed by atoms with Gasteiger partial charge in [0.2, 0.25) is 5.91 Å². The third-order valence-corrected chi connectivity index (χ3v) is 7.99. The normalized spacial score (nSPS) is 23.9. The van der Waals surface area contributed by atoms with Gasteiger partial charge in [-0.2, -0.15) is 0 Å². The molecule has 2 aromatic rings. The largest absolute Gasteiger partial charge is 0.497 e. The van der Waals surface area contributed by atoms with E-state index in [4.69, 9.17) is 4.74 Å². The summed E-state index contributed by atoms with van der Waals surface area (Å²) in [6.07, 6.45) is 9.97. The first-order valence-corrected chi connectivity index (χ1v) is 13.0. The molecule has 0 spiro atoms. The van der Waals surface area contributed by atoms with E-state index < -0.39 is 0 Å². The summed E-state index contributed by atoms with van der Waals surface area (Å²) in [5.74, 6) is 0.639. The molecule has 0 N–H and O–H groups in total. The molecule has 0 aromatic heterocycles. The number of ether oxygens (including phenoxy) is 1. The summed E-state index contributed by atoms with van der Waals surface area (Å²) in [7, 11) is 1.66. The van der Waals surface area contributed by atoms with Crippen molar-refractivity contribution in [3.8, 4) is 5.75 Å². The smallest absolute Gasteiger partial charge is 0.254 e. The first-order chi connectivity index (χ1) is 16.7. The van der Waals surface area contributed by atoms with Gasteiger partial charge in [-0.3, -0.25) is 9.59 Å². The van der Waals surface area contributed by atoms with Gasteiger partial charge in [-0.25, -0.2) is 0 Å². The lowest BCUT2D eigenvalue weighted by molar-refractivity contribution is -0.135. The second-order valence-electron chi connectivity index (χ2n) is 10.0. The van der Waals surface area contributed by atoms with Gasteiger partial charge >= 0.3 is 0 Å². The van der Waals surface area contributed by atoms with E-state index in [0.29, 0.717) is 5.56 Å². The fourth-order valence-corrected chi connectivity index (χ4v) is 6.22. The first kappa shape index (κ1) is 22.9. The van der Waals surface area contributed by atoms with Crippen LogP contribution in [0.15, 0.2) is 48.5 Å². The van der Waals surface area contributed by atoms with Crippen LogP contribution in [0.3, 0.4) is 0 Å². The topological polar surface area (TPSA) is 49.9 Å². The average Bonchev–Trinajstić information content (AvgIpc) is 3.19. The highest BCUT2D eigenvalue weighted by atomic mass is 16.5. The molecule has 180 valence electrons. The zero-order valence-electron chi connectivity index (χ0n) is 20.2. The molecule has 2 amide bonds. The third-order valence-electron chi connectivity index (χ3n) is 7.99. The summed E-state index contributed by atoms with van der Waals surface area (Å²) in [5.41, 5.74) is 2.60. The highest BCUT2D eigenvalue weighted by Gasteiger charge is 2.47. The summed E-state index contributed by atoms with van der Waals surface area (Å²) in [4.78, 5) is 32.4. The molecule has 1 saturated heterocycles. The lowest BCUT2D eigenvalue weighted by Crippen LogP contribution is -2.52. The molecule has 2 atom stereocenters. The Bertz CT molecular complexity index is 1000. The minimum Gasteiger partial charge on any atom is -0.497 e.